The van der Waals surface area contributed by atoms with Gasteiger partial charge in [0, 0.05) is 38.8 Å². The maximum absolute atomic E-state index is 2.68. The van der Waals surface area contributed by atoms with Crippen LogP contribution in [0.15, 0.2) is 30.3 Å². The van der Waals surface area contributed by atoms with Gasteiger partial charge >= 0.3 is 0 Å². The summed E-state index contributed by atoms with van der Waals surface area (Å²) >= 11 is 0. The molecule has 0 radical (unpaired) electrons. The molecule has 1 aromatic carbocycles. The molecule has 0 N–H and O–H groups in total. The van der Waals surface area contributed by atoms with Crippen molar-refractivity contribution in [3.05, 3.63) is 35.9 Å². The zero-order chi connectivity index (χ0) is 15.9. The Kier molecular flexibility index (Phi) is 6.91. The molecule has 2 rings (SSSR count). The number of hydrogen-bond donors (Lipinski definition) is 0. The average molecular weight is 303 g/mol. The highest BCUT2D eigenvalue weighted by Gasteiger charge is 2.22. The van der Waals surface area contributed by atoms with Gasteiger partial charge in [0.25, 0.3) is 0 Å². The summed E-state index contributed by atoms with van der Waals surface area (Å²) in [6.07, 6.45) is 2.64. The lowest BCUT2D eigenvalue weighted by atomic mass is 9.90. The highest BCUT2D eigenvalue weighted by Crippen LogP contribution is 2.25. The Labute approximate surface area is 137 Å². The van der Waals surface area contributed by atoms with Crippen molar-refractivity contribution in [1.82, 2.24) is 9.80 Å². The van der Waals surface area contributed by atoms with Gasteiger partial charge in [-0.25, -0.2) is 0 Å². The van der Waals surface area contributed by atoms with E-state index in [1.807, 2.05) is 0 Å². The second-order valence-electron chi connectivity index (χ2n) is 7.51. The molecule has 0 spiro atoms. The first-order valence-electron chi connectivity index (χ1n) is 9.07. The van der Waals surface area contributed by atoms with Gasteiger partial charge in [-0.05, 0) is 37.7 Å². The van der Waals surface area contributed by atoms with E-state index >= 15 is 0 Å². The van der Waals surface area contributed by atoms with Gasteiger partial charge in [-0.1, -0.05) is 50.6 Å². The summed E-state index contributed by atoms with van der Waals surface area (Å²) < 4.78 is 0. The molecule has 0 amide bonds. The lowest BCUT2D eigenvalue weighted by molar-refractivity contribution is 0.103. The number of hydrogen-bond acceptors (Lipinski definition) is 2. The SMILES string of the molecule is CC(C)CCC(CN1CCN(C(C)C)CC1)c1ccccc1. The molecule has 1 aliphatic heterocycles. The van der Waals surface area contributed by atoms with Crippen LogP contribution in [-0.4, -0.2) is 48.6 Å². The molecule has 1 aromatic rings. The zero-order valence-corrected chi connectivity index (χ0v) is 15.0. The van der Waals surface area contributed by atoms with Gasteiger partial charge in [0.15, 0.2) is 0 Å². The molecular weight excluding hydrogens is 268 g/mol. The molecule has 1 unspecified atom stereocenters. The minimum absolute atomic E-state index is 0.688. The van der Waals surface area contributed by atoms with E-state index in [9.17, 15) is 0 Å². The van der Waals surface area contributed by atoms with Gasteiger partial charge in [0.2, 0.25) is 0 Å². The summed E-state index contributed by atoms with van der Waals surface area (Å²) in [5.41, 5.74) is 1.52. The smallest absolute Gasteiger partial charge is 0.0113 e. The van der Waals surface area contributed by atoms with Gasteiger partial charge in [-0.15, -0.1) is 0 Å². The minimum Gasteiger partial charge on any atom is -0.300 e. The van der Waals surface area contributed by atoms with Gasteiger partial charge in [-0.2, -0.15) is 0 Å². The van der Waals surface area contributed by atoms with Crippen molar-refractivity contribution < 1.29 is 0 Å². The number of benzene rings is 1. The molecule has 2 heteroatoms. The van der Waals surface area contributed by atoms with E-state index in [0.29, 0.717) is 12.0 Å². The van der Waals surface area contributed by atoms with Crippen LogP contribution >= 0.6 is 0 Å². The minimum atomic E-state index is 0.688. The topological polar surface area (TPSA) is 6.48 Å². The van der Waals surface area contributed by atoms with Crippen molar-refractivity contribution in [2.45, 2.75) is 52.5 Å². The van der Waals surface area contributed by atoms with Crippen LogP contribution in [-0.2, 0) is 0 Å². The summed E-state index contributed by atoms with van der Waals surface area (Å²) in [7, 11) is 0. The third-order valence-electron chi connectivity index (χ3n) is 4.98. The van der Waals surface area contributed by atoms with Crippen LogP contribution in [0.2, 0.25) is 0 Å². The molecule has 22 heavy (non-hydrogen) atoms. The first-order valence-corrected chi connectivity index (χ1v) is 9.07. The van der Waals surface area contributed by atoms with Crippen LogP contribution in [0.1, 0.15) is 52.0 Å². The number of nitrogens with zero attached hydrogens (tertiary/aromatic N) is 2. The Morgan fingerprint density at radius 3 is 2.05 bits per heavy atom. The summed E-state index contributed by atoms with van der Waals surface area (Å²) in [5, 5.41) is 0. The monoisotopic (exact) mass is 302 g/mol. The zero-order valence-electron chi connectivity index (χ0n) is 15.0. The quantitative estimate of drug-likeness (QED) is 0.743. The Morgan fingerprint density at radius 1 is 0.864 bits per heavy atom. The Bertz CT molecular complexity index is 405. The lowest BCUT2D eigenvalue weighted by Crippen LogP contribution is -2.49. The molecule has 1 atom stereocenters. The molecule has 1 heterocycles. The standard InChI is InChI=1S/C20H34N2/c1-17(2)10-11-20(19-8-6-5-7-9-19)16-21-12-14-22(15-13-21)18(3)4/h5-9,17-18,20H,10-16H2,1-4H3. The molecular formula is C20H34N2. The van der Waals surface area contributed by atoms with E-state index in [-0.39, 0.29) is 0 Å². The van der Waals surface area contributed by atoms with Crippen LogP contribution in [0, 0.1) is 5.92 Å². The van der Waals surface area contributed by atoms with E-state index in [4.69, 9.17) is 0 Å². The van der Waals surface area contributed by atoms with E-state index in [1.54, 1.807) is 0 Å². The van der Waals surface area contributed by atoms with Crippen LogP contribution in [0.3, 0.4) is 0 Å². The van der Waals surface area contributed by atoms with Crippen LogP contribution < -0.4 is 0 Å². The molecule has 1 saturated heterocycles. The third-order valence-corrected chi connectivity index (χ3v) is 4.98. The molecule has 0 aliphatic carbocycles. The molecule has 124 valence electrons. The van der Waals surface area contributed by atoms with Crippen molar-refractivity contribution in [2.75, 3.05) is 32.7 Å². The van der Waals surface area contributed by atoms with Gasteiger partial charge in [0.05, 0.1) is 0 Å². The van der Waals surface area contributed by atoms with Crippen LogP contribution in [0.4, 0.5) is 0 Å². The van der Waals surface area contributed by atoms with Gasteiger partial charge in [-0.3, -0.25) is 4.90 Å². The van der Waals surface area contributed by atoms with Crippen molar-refractivity contribution >= 4 is 0 Å². The van der Waals surface area contributed by atoms with E-state index < -0.39 is 0 Å². The number of piperazine rings is 1. The molecule has 2 nitrogen and oxygen atoms in total. The lowest BCUT2D eigenvalue weighted by Gasteiger charge is -2.38. The maximum Gasteiger partial charge on any atom is 0.0113 e. The second kappa shape index (κ2) is 8.69. The summed E-state index contributed by atoms with van der Waals surface area (Å²) in [4.78, 5) is 5.28. The highest BCUT2D eigenvalue weighted by molar-refractivity contribution is 5.20. The number of rotatable bonds is 7. The fraction of sp³-hybridized carbons (Fsp3) is 0.700. The van der Waals surface area contributed by atoms with Crippen molar-refractivity contribution in [3.8, 4) is 0 Å². The summed E-state index contributed by atoms with van der Waals surface area (Å²) in [6.45, 7) is 15.4. The Balaban J connectivity index is 1.92. The Hall–Kier alpha value is -0.860. The van der Waals surface area contributed by atoms with E-state index in [2.05, 4.69) is 67.8 Å². The third kappa shape index (κ3) is 5.40. The van der Waals surface area contributed by atoms with Crippen LogP contribution in [0.5, 0.6) is 0 Å². The molecule has 0 aromatic heterocycles. The van der Waals surface area contributed by atoms with Gasteiger partial charge in [0.1, 0.15) is 0 Å². The first kappa shape index (κ1) is 17.5. The maximum atomic E-state index is 2.68. The van der Waals surface area contributed by atoms with Crippen molar-refractivity contribution in [2.24, 2.45) is 5.92 Å². The molecule has 0 bridgehead atoms. The predicted octanol–water partition coefficient (Wildman–Crippen LogP) is 4.23. The fourth-order valence-electron chi connectivity index (χ4n) is 3.40. The van der Waals surface area contributed by atoms with E-state index in [1.165, 1.54) is 51.1 Å². The molecule has 1 aliphatic rings. The van der Waals surface area contributed by atoms with E-state index in [0.717, 1.165) is 5.92 Å². The molecule has 1 fully saturated rings. The molecule has 0 saturated carbocycles. The van der Waals surface area contributed by atoms with Crippen molar-refractivity contribution in [3.63, 3.8) is 0 Å². The van der Waals surface area contributed by atoms with Crippen LogP contribution in [0.25, 0.3) is 0 Å². The summed E-state index contributed by atoms with van der Waals surface area (Å²) in [6, 6.07) is 11.8. The van der Waals surface area contributed by atoms with Crippen molar-refractivity contribution in [1.29, 1.82) is 0 Å². The Morgan fingerprint density at radius 2 is 1.50 bits per heavy atom. The normalized spacial score (nSPS) is 19.0. The highest BCUT2D eigenvalue weighted by atomic mass is 15.3. The summed E-state index contributed by atoms with van der Waals surface area (Å²) in [5.74, 6) is 1.48. The average Bonchev–Trinajstić information content (AvgIpc) is 2.52. The fourth-order valence-corrected chi connectivity index (χ4v) is 3.40. The second-order valence-corrected chi connectivity index (χ2v) is 7.51. The largest absolute Gasteiger partial charge is 0.300 e. The predicted molar refractivity (Wildman–Crippen MR) is 96.4 cm³/mol. The van der Waals surface area contributed by atoms with Gasteiger partial charge < -0.3 is 4.90 Å². The first-order chi connectivity index (χ1) is 10.6.